The highest BCUT2D eigenvalue weighted by atomic mass is 32.1. The van der Waals surface area contributed by atoms with Gasteiger partial charge in [0.15, 0.2) is 16.3 Å². The van der Waals surface area contributed by atoms with Crippen molar-refractivity contribution >= 4 is 34.8 Å². The molecule has 228 valence electrons. The Morgan fingerprint density at radius 3 is 2.36 bits per heavy atom. The van der Waals surface area contributed by atoms with Crippen LogP contribution in [0.25, 0.3) is 11.8 Å². The first kappa shape index (κ1) is 30.6. The molecular weight excluding hydrogens is 578 g/mol. The van der Waals surface area contributed by atoms with E-state index in [1.165, 1.54) is 23.0 Å². The number of phenolic OH excluding ortho intramolecular Hbond substituents is 1. The average Bonchev–Trinajstić information content (AvgIpc) is 3.36. The standard InChI is InChI=1S/C34H35N3O6S/c1-6-36(7-2)24-16-14-22(25(38)20-24)19-28-32(39)37-31(23-15-17-26(41-4)27(18-23)42-5)29(33(40)43-8-3)30(35-34(37)44-28)21-12-10-9-11-13-21/h9-20,31,38H,6-8H2,1-5H3/b28-19-/t31-/m0/s1. The van der Waals surface area contributed by atoms with Gasteiger partial charge in [-0.2, -0.15) is 0 Å². The first-order valence-electron chi connectivity index (χ1n) is 14.4. The average molecular weight is 614 g/mol. The first-order valence-corrected chi connectivity index (χ1v) is 15.2. The number of anilines is 1. The van der Waals surface area contributed by atoms with E-state index in [2.05, 4.69) is 18.7 Å². The molecule has 2 heterocycles. The van der Waals surface area contributed by atoms with Crippen molar-refractivity contribution < 1.29 is 24.1 Å². The summed E-state index contributed by atoms with van der Waals surface area (Å²) in [6, 6.07) is 19.2. The molecule has 1 aromatic heterocycles. The predicted molar refractivity (Wildman–Crippen MR) is 172 cm³/mol. The van der Waals surface area contributed by atoms with E-state index in [9.17, 15) is 14.7 Å². The van der Waals surface area contributed by atoms with Crippen molar-refractivity contribution in [3.8, 4) is 17.2 Å². The largest absolute Gasteiger partial charge is 0.507 e. The third-order valence-corrected chi connectivity index (χ3v) is 8.51. The van der Waals surface area contributed by atoms with Crippen molar-refractivity contribution in [2.24, 2.45) is 4.99 Å². The molecule has 9 nitrogen and oxygen atoms in total. The molecule has 44 heavy (non-hydrogen) atoms. The molecule has 0 spiro atoms. The third kappa shape index (κ3) is 5.72. The van der Waals surface area contributed by atoms with Crippen molar-refractivity contribution in [1.82, 2.24) is 4.57 Å². The van der Waals surface area contributed by atoms with Crippen LogP contribution in [-0.2, 0) is 9.53 Å². The molecule has 0 saturated heterocycles. The molecule has 0 unspecified atom stereocenters. The normalized spacial score (nSPS) is 14.6. The number of hydrogen-bond acceptors (Lipinski definition) is 9. The Bertz CT molecular complexity index is 1890. The van der Waals surface area contributed by atoms with E-state index in [-0.39, 0.29) is 23.5 Å². The second kappa shape index (κ2) is 13.2. The van der Waals surface area contributed by atoms with Gasteiger partial charge in [-0.1, -0.05) is 47.7 Å². The summed E-state index contributed by atoms with van der Waals surface area (Å²) in [6.07, 6.45) is 1.66. The summed E-state index contributed by atoms with van der Waals surface area (Å²) < 4.78 is 18.4. The summed E-state index contributed by atoms with van der Waals surface area (Å²) in [5, 5.41) is 10.9. The van der Waals surface area contributed by atoms with E-state index in [4.69, 9.17) is 19.2 Å². The number of phenols is 1. The van der Waals surface area contributed by atoms with E-state index in [1.54, 1.807) is 50.4 Å². The maximum Gasteiger partial charge on any atom is 0.338 e. The van der Waals surface area contributed by atoms with Gasteiger partial charge in [0.05, 0.1) is 42.7 Å². The molecule has 1 N–H and O–H groups in total. The number of carbonyl (C=O) groups is 1. The zero-order chi connectivity index (χ0) is 31.4. The predicted octanol–water partition coefficient (Wildman–Crippen LogP) is 4.50. The van der Waals surface area contributed by atoms with Gasteiger partial charge in [0, 0.05) is 36.0 Å². The second-order valence-electron chi connectivity index (χ2n) is 9.96. The lowest BCUT2D eigenvalue weighted by Gasteiger charge is -2.26. The molecule has 0 radical (unpaired) electrons. The summed E-state index contributed by atoms with van der Waals surface area (Å²) >= 11 is 1.19. The minimum atomic E-state index is -0.874. The van der Waals surface area contributed by atoms with Crippen molar-refractivity contribution in [2.75, 3.05) is 38.8 Å². The minimum absolute atomic E-state index is 0.0638. The Kier molecular flexibility index (Phi) is 9.20. The van der Waals surface area contributed by atoms with Gasteiger partial charge in [0.1, 0.15) is 5.75 Å². The number of esters is 1. The summed E-state index contributed by atoms with van der Waals surface area (Å²) in [5.74, 6) is 0.451. The molecule has 0 saturated carbocycles. The molecule has 10 heteroatoms. The number of ether oxygens (including phenoxy) is 3. The van der Waals surface area contributed by atoms with Gasteiger partial charge < -0.3 is 24.2 Å². The number of carbonyl (C=O) groups excluding carboxylic acids is 1. The van der Waals surface area contributed by atoms with Gasteiger partial charge in [0.2, 0.25) is 0 Å². The van der Waals surface area contributed by atoms with E-state index >= 15 is 0 Å². The highest BCUT2D eigenvalue weighted by molar-refractivity contribution is 7.07. The fourth-order valence-corrected chi connectivity index (χ4v) is 6.35. The number of methoxy groups -OCH3 is 2. The molecule has 3 aromatic carbocycles. The van der Waals surface area contributed by atoms with E-state index < -0.39 is 12.0 Å². The number of aromatic hydroxyl groups is 1. The molecule has 1 aliphatic rings. The van der Waals surface area contributed by atoms with Crippen LogP contribution in [-0.4, -0.2) is 49.6 Å². The first-order chi connectivity index (χ1) is 21.3. The number of hydrogen-bond donors (Lipinski definition) is 1. The van der Waals surface area contributed by atoms with Crippen molar-refractivity contribution in [2.45, 2.75) is 26.8 Å². The molecule has 1 aliphatic heterocycles. The number of nitrogens with zero attached hydrogens (tertiary/aromatic N) is 3. The Morgan fingerprint density at radius 2 is 1.73 bits per heavy atom. The van der Waals surface area contributed by atoms with Gasteiger partial charge in [-0.15, -0.1) is 0 Å². The van der Waals surface area contributed by atoms with Gasteiger partial charge in [0.25, 0.3) is 5.56 Å². The number of fused-ring (bicyclic) bond motifs is 1. The van der Waals surface area contributed by atoms with Crippen LogP contribution in [0.3, 0.4) is 0 Å². The van der Waals surface area contributed by atoms with E-state index in [0.29, 0.717) is 43.2 Å². The third-order valence-electron chi connectivity index (χ3n) is 7.53. The van der Waals surface area contributed by atoms with Gasteiger partial charge in [-0.25, -0.2) is 9.79 Å². The van der Waals surface area contributed by atoms with Crippen LogP contribution < -0.4 is 29.3 Å². The summed E-state index contributed by atoms with van der Waals surface area (Å²) in [5.41, 5.74) is 3.03. The van der Waals surface area contributed by atoms with Crippen molar-refractivity contribution in [3.63, 3.8) is 0 Å². The molecule has 0 aliphatic carbocycles. The summed E-state index contributed by atoms with van der Waals surface area (Å²) in [7, 11) is 3.07. The summed E-state index contributed by atoms with van der Waals surface area (Å²) in [6.45, 7) is 7.60. The molecule has 4 aromatic rings. The molecule has 1 atom stereocenters. The van der Waals surface area contributed by atoms with E-state index in [1.807, 2.05) is 36.4 Å². The Morgan fingerprint density at radius 1 is 1.00 bits per heavy atom. The molecule has 0 bridgehead atoms. The van der Waals surface area contributed by atoms with Crippen LogP contribution in [0.15, 0.2) is 82.1 Å². The van der Waals surface area contributed by atoms with Crippen molar-refractivity contribution in [3.05, 3.63) is 109 Å². The highest BCUT2D eigenvalue weighted by Crippen LogP contribution is 2.38. The lowest BCUT2D eigenvalue weighted by atomic mass is 9.93. The molecule has 5 rings (SSSR count). The van der Waals surface area contributed by atoms with Crippen LogP contribution in [0.5, 0.6) is 17.2 Å². The number of aromatic nitrogens is 1. The quantitative estimate of drug-likeness (QED) is 0.263. The lowest BCUT2D eigenvalue weighted by Crippen LogP contribution is -2.40. The van der Waals surface area contributed by atoms with Gasteiger partial charge >= 0.3 is 5.97 Å². The Hall–Kier alpha value is -4.83. The van der Waals surface area contributed by atoms with Crippen LogP contribution in [0, 0.1) is 0 Å². The van der Waals surface area contributed by atoms with Crippen molar-refractivity contribution in [1.29, 1.82) is 0 Å². The van der Waals surface area contributed by atoms with E-state index in [0.717, 1.165) is 18.8 Å². The molecule has 0 fully saturated rings. The lowest BCUT2D eigenvalue weighted by molar-refractivity contribution is -0.138. The SMILES string of the molecule is CCOC(=O)C1=C(c2ccccc2)N=c2s/c(=C\c3ccc(N(CC)CC)cc3O)c(=O)n2[C@H]1c1ccc(OC)c(OC)c1. The zero-order valence-electron chi connectivity index (χ0n) is 25.4. The van der Waals surface area contributed by atoms with Crippen LogP contribution in [0.2, 0.25) is 0 Å². The number of thiazole rings is 1. The van der Waals surface area contributed by atoms with Gasteiger partial charge in [-0.05, 0) is 56.7 Å². The Labute approximate surface area is 259 Å². The number of rotatable bonds is 10. The van der Waals surface area contributed by atoms with Gasteiger partial charge in [-0.3, -0.25) is 9.36 Å². The van der Waals surface area contributed by atoms with Crippen LogP contribution in [0.1, 0.15) is 43.5 Å². The number of benzene rings is 3. The topological polar surface area (TPSA) is 103 Å². The Balaban J connectivity index is 1.78. The summed E-state index contributed by atoms with van der Waals surface area (Å²) in [4.78, 5) is 35.3. The zero-order valence-corrected chi connectivity index (χ0v) is 26.2. The highest BCUT2D eigenvalue weighted by Gasteiger charge is 2.35. The monoisotopic (exact) mass is 613 g/mol. The maximum atomic E-state index is 14.2. The minimum Gasteiger partial charge on any atom is -0.507 e. The van der Waals surface area contributed by atoms with Crippen LogP contribution in [0.4, 0.5) is 5.69 Å². The van der Waals surface area contributed by atoms with Crippen LogP contribution >= 0.6 is 11.3 Å². The smallest absolute Gasteiger partial charge is 0.338 e. The fraction of sp³-hybridized carbons (Fsp3) is 0.265. The maximum absolute atomic E-state index is 14.2. The molecular formula is C34H35N3O6S. The molecule has 0 amide bonds. The fourth-order valence-electron chi connectivity index (χ4n) is 5.36. The second-order valence-corrected chi connectivity index (χ2v) is 11.0.